The van der Waals surface area contributed by atoms with E-state index in [-0.39, 0.29) is 5.56 Å². The van der Waals surface area contributed by atoms with Crippen molar-refractivity contribution >= 4 is 22.4 Å². The molecule has 3 aromatic heterocycles. The van der Waals surface area contributed by atoms with Gasteiger partial charge in [-0.2, -0.15) is 14.6 Å². The van der Waals surface area contributed by atoms with Gasteiger partial charge in [-0.05, 0) is 56.3 Å². The van der Waals surface area contributed by atoms with Crippen LogP contribution in [-0.4, -0.2) is 31.0 Å². The largest absolute Gasteiger partial charge is 0.494 e. The normalized spacial score (nSPS) is 11.9. The van der Waals surface area contributed by atoms with Crippen molar-refractivity contribution in [3.05, 3.63) is 111 Å². The van der Waals surface area contributed by atoms with Gasteiger partial charge in [-0.15, -0.1) is 5.10 Å². The van der Waals surface area contributed by atoms with E-state index in [1.165, 1.54) is 15.9 Å². The van der Waals surface area contributed by atoms with Gasteiger partial charge in [0.2, 0.25) is 4.96 Å². The van der Waals surface area contributed by atoms with Crippen LogP contribution < -0.4 is 14.8 Å². The molecule has 0 fully saturated rings. The molecule has 0 bridgehead atoms. The maximum Gasteiger partial charge on any atom is 0.291 e. The van der Waals surface area contributed by atoms with Crippen LogP contribution in [0.1, 0.15) is 18.1 Å². The van der Waals surface area contributed by atoms with Crippen molar-refractivity contribution in [3.63, 3.8) is 0 Å². The summed E-state index contributed by atoms with van der Waals surface area (Å²) in [5.74, 6) is 1.35. The van der Waals surface area contributed by atoms with Crippen molar-refractivity contribution < 1.29 is 4.74 Å². The summed E-state index contributed by atoms with van der Waals surface area (Å²) in [6.07, 6.45) is 3.81. The van der Waals surface area contributed by atoms with Crippen LogP contribution in [0.2, 0.25) is 0 Å². The molecule has 6 rings (SSSR count). The number of aromatic nitrogens is 5. The van der Waals surface area contributed by atoms with Gasteiger partial charge in [-0.3, -0.25) is 4.79 Å². The third kappa shape index (κ3) is 4.43. The van der Waals surface area contributed by atoms with E-state index in [0.717, 1.165) is 39.4 Å². The Labute approximate surface area is 216 Å². The van der Waals surface area contributed by atoms with E-state index in [1.807, 2.05) is 110 Å². The van der Waals surface area contributed by atoms with Crippen LogP contribution in [0.4, 0.5) is 0 Å². The summed E-state index contributed by atoms with van der Waals surface area (Å²) in [6.45, 7) is 4.59. The van der Waals surface area contributed by atoms with Gasteiger partial charge in [-0.1, -0.05) is 59.4 Å². The van der Waals surface area contributed by atoms with E-state index in [2.05, 4.69) is 10.1 Å². The molecule has 37 heavy (non-hydrogen) atoms. The number of ether oxygens (including phenoxy) is 1. The molecule has 3 aromatic carbocycles. The topological polar surface area (TPSA) is 74.3 Å². The van der Waals surface area contributed by atoms with E-state index < -0.39 is 0 Å². The lowest BCUT2D eigenvalue weighted by atomic mass is 10.1. The highest BCUT2D eigenvalue weighted by atomic mass is 32.1. The minimum Gasteiger partial charge on any atom is -0.494 e. The average Bonchev–Trinajstić information content (AvgIpc) is 3.61. The number of thiazole rings is 1. The third-order valence-electron chi connectivity index (χ3n) is 5.98. The van der Waals surface area contributed by atoms with Gasteiger partial charge in [-0.25, -0.2) is 4.68 Å². The summed E-state index contributed by atoms with van der Waals surface area (Å²) in [6, 6.07) is 25.7. The van der Waals surface area contributed by atoms with Gasteiger partial charge >= 0.3 is 0 Å². The van der Waals surface area contributed by atoms with Crippen LogP contribution in [0, 0.1) is 6.92 Å². The Morgan fingerprint density at radius 3 is 2.35 bits per heavy atom. The summed E-state index contributed by atoms with van der Waals surface area (Å²) < 4.78 is 9.35. The van der Waals surface area contributed by atoms with Gasteiger partial charge in [0.05, 0.1) is 16.8 Å². The molecule has 0 saturated carbocycles. The van der Waals surface area contributed by atoms with E-state index in [4.69, 9.17) is 9.84 Å². The summed E-state index contributed by atoms with van der Waals surface area (Å²) in [5, 5.41) is 9.35. The second-order valence-electron chi connectivity index (χ2n) is 8.58. The first-order valence-electron chi connectivity index (χ1n) is 12.0. The summed E-state index contributed by atoms with van der Waals surface area (Å²) in [4.78, 5) is 18.4. The van der Waals surface area contributed by atoms with Crippen LogP contribution in [0.3, 0.4) is 0 Å². The monoisotopic (exact) mass is 505 g/mol. The zero-order valence-corrected chi connectivity index (χ0v) is 21.1. The fourth-order valence-electron chi connectivity index (χ4n) is 4.11. The summed E-state index contributed by atoms with van der Waals surface area (Å²) in [5.41, 5.74) is 5.30. The highest BCUT2D eigenvalue weighted by molar-refractivity contribution is 7.15. The van der Waals surface area contributed by atoms with Crippen molar-refractivity contribution in [2.75, 3.05) is 6.61 Å². The predicted octanol–water partition coefficient (Wildman–Crippen LogP) is 4.93. The lowest BCUT2D eigenvalue weighted by Gasteiger charge is -2.04. The zero-order chi connectivity index (χ0) is 25.4. The molecule has 8 heteroatoms. The number of rotatable bonds is 6. The maximum atomic E-state index is 13.3. The average molecular weight is 506 g/mol. The molecule has 0 unspecified atom stereocenters. The minimum atomic E-state index is -0.198. The molecule has 0 atom stereocenters. The number of hydrogen-bond acceptors (Lipinski definition) is 6. The number of aryl methyl sites for hydroxylation is 1. The van der Waals surface area contributed by atoms with Crippen molar-refractivity contribution in [2.45, 2.75) is 13.8 Å². The fourth-order valence-corrected chi connectivity index (χ4v) is 5.00. The first kappa shape index (κ1) is 22.9. The molecule has 0 aliphatic rings. The van der Waals surface area contributed by atoms with Crippen LogP contribution in [-0.2, 0) is 0 Å². The standard InChI is InChI=1S/C29H23N5O2S/c1-3-36-24-15-13-20(14-16-24)26-22(18-33(31-26)23-7-5-4-6-8-23)17-25-28(35)34-29(37-25)30-27(32-34)21-11-9-19(2)10-12-21/h4-18H,3H2,1-2H3/b25-17+. The van der Waals surface area contributed by atoms with Gasteiger partial charge in [0.1, 0.15) is 11.4 Å². The summed E-state index contributed by atoms with van der Waals surface area (Å²) >= 11 is 1.32. The number of para-hydroxylation sites is 1. The molecule has 0 N–H and O–H groups in total. The van der Waals surface area contributed by atoms with Crippen LogP contribution in [0.25, 0.3) is 39.4 Å². The van der Waals surface area contributed by atoms with Crippen LogP contribution >= 0.6 is 11.3 Å². The highest BCUT2D eigenvalue weighted by Crippen LogP contribution is 2.26. The molecule has 0 amide bonds. The Morgan fingerprint density at radius 2 is 1.65 bits per heavy atom. The Kier molecular flexibility index (Phi) is 5.86. The molecule has 6 aromatic rings. The summed E-state index contributed by atoms with van der Waals surface area (Å²) in [7, 11) is 0. The number of fused-ring (bicyclic) bond motifs is 1. The zero-order valence-electron chi connectivity index (χ0n) is 20.3. The van der Waals surface area contributed by atoms with Crippen LogP contribution in [0.15, 0.2) is 89.9 Å². The molecule has 0 saturated heterocycles. The molecule has 7 nitrogen and oxygen atoms in total. The molecule has 182 valence electrons. The Balaban J connectivity index is 1.45. The van der Waals surface area contributed by atoms with Crippen molar-refractivity contribution in [2.24, 2.45) is 0 Å². The van der Waals surface area contributed by atoms with E-state index >= 15 is 0 Å². The number of hydrogen-bond donors (Lipinski definition) is 0. The quantitative estimate of drug-likeness (QED) is 0.321. The minimum absolute atomic E-state index is 0.198. The lowest BCUT2D eigenvalue weighted by Crippen LogP contribution is -2.23. The van der Waals surface area contributed by atoms with Crippen molar-refractivity contribution in [3.8, 4) is 34.1 Å². The Morgan fingerprint density at radius 1 is 0.919 bits per heavy atom. The molecule has 0 radical (unpaired) electrons. The smallest absolute Gasteiger partial charge is 0.291 e. The van der Waals surface area contributed by atoms with Crippen LogP contribution in [0.5, 0.6) is 5.75 Å². The van der Waals surface area contributed by atoms with Crippen molar-refractivity contribution in [1.82, 2.24) is 24.4 Å². The molecule has 0 spiro atoms. The maximum absolute atomic E-state index is 13.3. The van der Waals surface area contributed by atoms with Gasteiger partial charge in [0.15, 0.2) is 5.82 Å². The number of benzene rings is 3. The van der Waals surface area contributed by atoms with Gasteiger partial charge in [0.25, 0.3) is 5.56 Å². The molecular weight excluding hydrogens is 482 g/mol. The second-order valence-corrected chi connectivity index (χ2v) is 9.59. The fraction of sp³-hybridized carbons (Fsp3) is 0.103. The van der Waals surface area contributed by atoms with Crippen molar-refractivity contribution in [1.29, 1.82) is 0 Å². The second kappa shape index (κ2) is 9.48. The van der Waals surface area contributed by atoms with E-state index in [9.17, 15) is 4.79 Å². The highest BCUT2D eigenvalue weighted by Gasteiger charge is 2.15. The Hall–Kier alpha value is -4.56. The SMILES string of the molecule is CCOc1ccc(-c2nn(-c3ccccc3)cc2/C=c2/sc3nc(-c4ccc(C)cc4)nn3c2=O)cc1. The molecule has 0 aliphatic carbocycles. The molecule has 3 heterocycles. The lowest BCUT2D eigenvalue weighted by molar-refractivity contribution is 0.340. The van der Waals surface area contributed by atoms with Gasteiger partial charge < -0.3 is 4.74 Å². The molecule has 0 aliphatic heterocycles. The Bertz CT molecular complexity index is 1800. The third-order valence-corrected chi connectivity index (χ3v) is 6.94. The van der Waals surface area contributed by atoms with E-state index in [0.29, 0.717) is 21.9 Å². The first-order valence-corrected chi connectivity index (χ1v) is 12.8. The molecular formula is C29H23N5O2S. The van der Waals surface area contributed by atoms with Gasteiger partial charge in [0, 0.05) is 22.9 Å². The van der Waals surface area contributed by atoms with E-state index in [1.54, 1.807) is 0 Å². The number of nitrogens with zero attached hydrogens (tertiary/aromatic N) is 5. The predicted molar refractivity (Wildman–Crippen MR) is 146 cm³/mol. The first-order chi connectivity index (χ1) is 18.1.